The van der Waals surface area contributed by atoms with Crippen molar-refractivity contribution in [3.8, 4) is 28.5 Å². The van der Waals surface area contributed by atoms with Crippen molar-refractivity contribution in [3.05, 3.63) is 66.5 Å². The number of fused-ring (bicyclic) bond motifs is 1. The number of methoxy groups -OCH3 is 1. The van der Waals surface area contributed by atoms with Crippen LogP contribution in [-0.4, -0.2) is 26.9 Å². The minimum absolute atomic E-state index is 0.478. The highest BCUT2D eigenvalue weighted by molar-refractivity contribution is 5.71. The van der Waals surface area contributed by atoms with Crippen LogP contribution in [0.15, 0.2) is 60.7 Å². The highest BCUT2D eigenvalue weighted by Crippen LogP contribution is 2.34. The number of hydrogen-bond acceptors (Lipinski definition) is 5. The van der Waals surface area contributed by atoms with E-state index >= 15 is 0 Å². The molecule has 0 amide bonds. The SMILES string of the molecule is COc1cccc(-c2ccccc2Oc2ccc3nnc(C)n3n2)c1. The van der Waals surface area contributed by atoms with Crippen LogP contribution in [0, 0.1) is 6.92 Å². The molecule has 6 heteroatoms. The fourth-order valence-corrected chi connectivity index (χ4v) is 2.63. The molecule has 0 aliphatic heterocycles. The minimum Gasteiger partial charge on any atom is -0.497 e. The van der Waals surface area contributed by atoms with Gasteiger partial charge in [0.05, 0.1) is 7.11 Å². The van der Waals surface area contributed by atoms with Crippen LogP contribution >= 0.6 is 0 Å². The summed E-state index contributed by atoms with van der Waals surface area (Å²) < 4.78 is 13.0. The summed E-state index contributed by atoms with van der Waals surface area (Å²) >= 11 is 0. The summed E-state index contributed by atoms with van der Waals surface area (Å²) in [7, 11) is 1.65. The zero-order chi connectivity index (χ0) is 17.2. The van der Waals surface area contributed by atoms with Gasteiger partial charge in [-0.3, -0.25) is 0 Å². The molecule has 2 aromatic heterocycles. The summed E-state index contributed by atoms with van der Waals surface area (Å²) in [5.74, 6) is 2.70. The molecule has 2 heterocycles. The molecule has 0 unspecified atom stereocenters. The fourth-order valence-electron chi connectivity index (χ4n) is 2.63. The maximum Gasteiger partial charge on any atom is 0.237 e. The van der Waals surface area contributed by atoms with Gasteiger partial charge in [0.25, 0.3) is 0 Å². The summed E-state index contributed by atoms with van der Waals surface area (Å²) in [6.45, 7) is 1.85. The van der Waals surface area contributed by atoms with E-state index in [4.69, 9.17) is 9.47 Å². The molecular weight excluding hydrogens is 316 g/mol. The van der Waals surface area contributed by atoms with Crippen LogP contribution in [0.3, 0.4) is 0 Å². The van der Waals surface area contributed by atoms with Crippen molar-refractivity contribution < 1.29 is 9.47 Å². The van der Waals surface area contributed by atoms with Crippen LogP contribution < -0.4 is 9.47 Å². The van der Waals surface area contributed by atoms with E-state index in [-0.39, 0.29) is 0 Å². The summed E-state index contributed by atoms with van der Waals surface area (Å²) in [4.78, 5) is 0. The summed E-state index contributed by atoms with van der Waals surface area (Å²) in [6, 6.07) is 19.3. The van der Waals surface area contributed by atoms with Gasteiger partial charge in [0.15, 0.2) is 11.5 Å². The number of aryl methyl sites for hydroxylation is 1. The summed E-state index contributed by atoms with van der Waals surface area (Å²) in [5.41, 5.74) is 2.66. The predicted octanol–water partition coefficient (Wildman–Crippen LogP) is 3.90. The van der Waals surface area contributed by atoms with Gasteiger partial charge in [-0.15, -0.1) is 15.3 Å². The van der Waals surface area contributed by atoms with Crippen molar-refractivity contribution in [2.75, 3.05) is 7.11 Å². The lowest BCUT2D eigenvalue weighted by Gasteiger charge is -2.11. The molecule has 0 atom stereocenters. The lowest BCUT2D eigenvalue weighted by Crippen LogP contribution is -1.98. The predicted molar refractivity (Wildman–Crippen MR) is 94.0 cm³/mol. The summed E-state index contributed by atoms with van der Waals surface area (Å²) in [5, 5.41) is 12.5. The van der Waals surface area contributed by atoms with Crippen LogP contribution in [0.5, 0.6) is 17.4 Å². The Morgan fingerprint density at radius 1 is 0.920 bits per heavy atom. The third-order valence-electron chi connectivity index (χ3n) is 3.88. The third kappa shape index (κ3) is 2.89. The minimum atomic E-state index is 0.478. The lowest BCUT2D eigenvalue weighted by molar-refractivity contribution is 0.415. The first kappa shape index (κ1) is 15.1. The number of nitrogens with zero attached hydrogens (tertiary/aromatic N) is 4. The Kier molecular flexibility index (Phi) is 3.78. The molecule has 2 aromatic carbocycles. The van der Waals surface area contributed by atoms with Crippen molar-refractivity contribution in [2.45, 2.75) is 6.92 Å². The Morgan fingerprint density at radius 3 is 2.68 bits per heavy atom. The molecule has 0 aliphatic rings. The van der Waals surface area contributed by atoms with E-state index in [0.29, 0.717) is 23.1 Å². The molecule has 4 aromatic rings. The van der Waals surface area contributed by atoms with E-state index in [9.17, 15) is 0 Å². The van der Waals surface area contributed by atoms with E-state index in [2.05, 4.69) is 15.3 Å². The van der Waals surface area contributed by atoms with Gasteiger partial charge in [-0.05, 0) is 36.8 Å². The molecule has 0 saturated carbocycles. The van der Waals surface area contributed by atoms with Gasteiger partial charge in [-0.1, -0.05) is 30.3 Å². The molecule has 0 saturated heterocycles. The van der Waals surface area contributed by atoms with Gasteiger partial charge in [-0.2, -0.15) is 4.52 Å². The quantitative estimate of drug-likeness (QED) is 0.567. The second-order valence-electron chi connectivity index (χ2n) is 5.52. The second kappa shape index (κ2) is 6.24. The van der Waals surface area contributed by atoms with Gasteiger partial charge < -0.3 is 9.47 Å². The number of rotatable bonds is 4. The monoisotopic (exact) mass is 332 g/mol. The number of ether oxygens (including phenoxy) is 2. The maximum absolute atomic E-state index is 6.04. The van der Waals surface area contributed by atoms with Crippen molar-refractivity contribution in [1.82, 2.24) is 19.8 Å². The highest BCUT2D eigenvalue weighted by Gasteiger charge is 2.10. The molecule has 4 rings (SSSR count). The molecule has 25 heavy (non-hydrogen) atoms. The number of para-hydroxylation sites is 1. The zero-order valence-electron chi connectivity index (χ0n) is 13.9. The average Bonchev–Trinajstić information content (AvgIpc) is 3.03. The number of hydrogen-bond donors (Lipinski definition) is 0. The normalized spacial score (nSPS) is 10.8. The van der Waals surface area contributed by atoms with E-state index in [1.807, 2.05) is 61.5 Å². The van der Waals surface area contributed by atoms with Crippen LogP contribution in [0.25, 0.3) is 16.8 Å². The Morgan fingerprint density at radius 2 is 1.80 bits per heavy atom. The largest absolute Gasteiger partial charge is 0.497 e. The van der Waals surface area contributed by atoms with Crippen molar-refractivity contribution in [3.63, 3.8) is 0 Å². The Bertz CT molecular complexity index is 1040. The van der Waals surface area contributed by atoms with Crippen LogP contribution in [0.1, 0.15) is 5.82 Å². The topological polar surface area (TPSA) is 61.5 Å². The van der Waals surface area contributed by atoms with Gasteiger partial charge in [0.1, 0.15) is 11.5 Å². The Hall–Kier alpha value is -3.41. The van der Waals surface area contributed by atoms with Crippen molar-refractivity contribution in [1.29, 1.82) is 0 Å². The third-order valence-corrected chi connectivity index (χ3v) is 3.88. The molecule has 0 bridgehead atoms. The first-order valence-corrected chi connectivity index (χ1v) is 7.85. The highest BCUT2D eigenvalue weighted by atomic mass is 16.5. The Labute approximate surface area is 144 Å². The first-order valence-electron chi connectivity index (χ1n) is 7.85. The number of benzene rings is 2. The molecular formula is C19H16N4O2. The standard InChI is InChI=1S/C19H16N4O2/c1-13-20-21-18-10-11-19(22-23(13)18)25-17-9-4-3-8-16(17)14-6-5-7-15(12-14)24-2/h3-12H,1-2H3. The van der Waals surface area contributed by atoms with Crippen molar-refractivity contribution >= 4 is 5.65 Å². The van der Waals surface area contributed by atoms with Gasteiger partial charge >= 0.3 is 0 Å². The van der Waals surface area contributed by atoms with Crippen LogP contribution in [0.4, 0.5) is 0 Å². The van der Waals surface area contributed by atoms with Gasteiger partial charge in [-0.25, -0.2) is 0 Å². The molecule has 0 fully saturated rings. The molecule has 0 N–H and O–H groups in total. The second-order valence-corrected chi connectivity index (χ2v) is 5.52. The summed E-state index contributed by atoms with van der Waals surface area (Å²) in [6.07, 6.45) is 0. The molecule has 6 nitrogen and oxygen atoms in total. The molecule has 124 valence electrons. The fraction of sp³-hybridized carbons (Fsp3) is 0.105. The van der Waals surface area contributed by atoms with E-state index in [1.165, 1.54) is 0 Å². The lowest BCUT2D eigenvalue weighted by atomic mass is 10.0. The number of aromatic nitrogens is 4. The van der Waals surface area contributed by atoms with E-state index in [1.54, 1.807) is 17.7 Å². The average molecular weight is 332 g/mol. The van der Waals surface area contributed by atoms with Crippen LogP contribution in [-0.2, 0) is 0 Å². The van der Waals surface area contributed by atoms with Crippen molar-refractivity contribution in [2.24, 2.45) is 0 Å². The zero-order valence-corrected chi connectivity index (χ0v) is 13.9. The van der Waals surface area contributed by atoms with Crippen LogP contribution in [0.2, 0.25) is 0 Å². The smallest absolute Gasteiger partial charge is 0.237 e. The molecule has 0 aliphatic carbocycles. The molecule has 0 radical (unpaired) electrons. The van der Waals surface area contributed by atoms with Gasteiger partial charge in [0.2, 0.25) is 5.88 Å². The van der Waals surface area contributed by atoms with E-state index in [0.717, 1.165) is 16.9 Å². The first-order chi connectivity index (χ1) is 12.2. The molecule has 0 spiro atoms. The maximum atomic E-state index is 6.04. The van der Waals surface area contributed by atoms with E-state index < -0.39 is 0 Å². The Balaban J connectivity index is 1.73. The van der Waals surface area contributed by atoms with Gasteiger partial charge in [0, 0.05) is 11.6 Å².